The molecule has 2 rings (SSSR count). The van der Waals surface area contributed by atoms with E-state index in [2.05, 4.69) is 28.2 Å². The van der Waals surface area contributed by atoms with Gasteiger partial charge in [0.2, 0.25) is 0 Å². The van der Waals surface area contributed by atoms with Crippen LogP contribution in [-0.2, 0) is 6.54 Å². The molecule has 0 aliphatic carbocycles. The number of nitrogens with zero attached hydrogens (tertiary/aromatic N) is 1. The molecule has 1 aromatic heterocycles. The van der Waals surface area contributed by atoms with Crippen LogP contribution >= 0.6 is 0 Å². The second-order valence-electron chi connectivity index (χ2n) is 5.68. The number of amides is 2. The zero-order valence-electron chi connectivity index (χ0n) is 11.9. The first-order valence-electron chi connectivity index (χ1n) is 6.58. The molecule has 0 spiro atoms. The number of benzene rings is 1. The Morgan fingerprint density at radius 3 is 2.58 bits per heavy atom. The Kier molecular flexibility index (Phi) is 3.51. The minimum atomic E-state index is -0.243. The Morgan fingerprint density at radius 2 is 1.95 bits per heavy atom. The van der Waals surface area contributed by atoms with E-state index in [1.165, 1.54) is 0 Å². The van der Waals surface area contributed by atoms with Crippen LogP contribution in [0, 0.1) is 0 Å². The molecule has 1 aromatic carbocycles. The summed E-state index contributed by atoms with van der Waals surface area (Å²) in [6.07, 6.45) is 1.98. The highest BCUT2D eigenvalue weighted by Crippen LogP contribution is 2.25. The number of aromatic nitrogens is 1. The van der Waals surface area contributed by atoms with E-state index in [1.54, 1.807) is 0 Å². The third kappa shape index (κ3) is 3.08. The number of hydrogen-bond donors (Lipinski definition) is 2. The first-order valence-corrected chi connectivity index (χ1v) is 6.58. The van der Waals surface area contributed by atoms with Crippen LogP contribution in [0.5, 0.6) is 0 Å². The Labute approximate surface area is 113 Å². The minimum absolute atomic E-state index is 0.175. The van der Waals surface area contributed by atoms with Crippen molar-refractivity contribution in [2.24, 2.45) is 0 Å². The average Bonchev–Trinajstić information content (AvgIpc) is 2.65. The topological polar surface area (TPSA) is 46.1 Å². The Morgan fingerprint density at radius 1 is 1.26 bits per heavy atom. The Hall–Kier alpha value is -1.97. The van der Waals surface area contributed by atoms with Gasteiger partial charge in [-0.2, -0.15) is 0 Å². The normalized spacial score (nSPS) is 11.6. The van der Waals surface area contributed by atoms with Crippen LogP contribution in [0.2, 0.25) is 0 Å². The number of urea groups is 1. The third-order valence-corrected chi connectivity index (χ3v) is 2.87. The molecule has 0 unspecified atom stereocenters. The highest BCUT2D eigenvalue weighted by atomic mass is 16.2. The monoisotopic (exact) mass is 259 g/mol. The van der Waals surface area contributed by atoms with Gasteiger partial charge in [-0.3, -0.25) is 0 Å². The van der Waals surface area contributed by atoms with Crippen LogP contribution in [0.15, 0.2) is 30.5 Å². The molecule has 0 atom stereocenters. The first-order chi connectivity index (χ1) is 8.90. The summed E-state index contributed by atoms with van der Waals surface area (Å²) >= 11 is 0. The number of carbonyl (C=O) groups is 1. The third-order valence-electron chi connectivity index (χ3n) is 2.87. The molecule has 2 aromatic rings. The average molecular weight is 259 g/mol. The van der Waals surface area contributed by atoms with Gasteiger partial charge in [-0.1, -0.05) is 18.2 Å². The predicted octanol–water partition coefficient (Wildman–Crippen LogP) is 3.58. The first kappa shape index (κ1) is 13.5. The smallest absolute Gasteiger partial charge is 0.319 e. The van der Waals surface area contributed by atoms with Crippen LogP contribution in [0.25, 0.3) is 10.9 Å². The van der Waals surface area contributed by atoms with Crippen LogP contribution in [0.1, 0.15) is 27.7 Å². The number of para-hydroxylation sites is 1. The highest BCUT2D eigenvalue weighted by molar-refractivity contribution is 6.01. The summed E-state index contributed by atoms with van der Waals surface area (Å²) in [6.45, 7) is 8.85. The molecule has 0 saturated heterocycles. The summed E-state index contributed by atoms with van der Waals surface area (Å²) < 4.78 is 2.13. The summed E-state index contributed by atoms with van der Waals surface area (Å²) in [7, 11) is 0. The van der Waals surface area contributed by atoms with Gasteiger partial charge in [0.05, 0.1) is 11.2 Å². The van der Waals surface area contributed by atoms with Gasteiger partial charge in [0, 0.05) is 23.7 Å². The van der Waals surface area contributed by atoms with Gasteiger partial charge >= 0.3 is 6.03 Å². The molecule has 0 saturated carbocycles. The van der Waals surface area contributed by atoms with Crippen molar-refractivity contribution in [3.63, 3.8) is 0 Å². The molecule has 1 heterocycles. The number of rotatable bonds is 2. The van der Waals surface area contributed by atoms with Crippen molar-refractivity contribution < 1.29 is 4.79 Å². The number of nitrogens with one attached hydrogen (secondary N) is 2. The van der Waals surface area contributed by atoms with Crippen molar-refractivity contribution in [2.45, 2.75) is 39.8 Å². The number of aryl methyl sites for hydroxylation is 1. The van der Waals surface area contributed by atoms with Gasteiger partial charge in [0.25, 0.3) is 0 Å². The second-order valence-corrected chi connectivity index (χ2v) is 5.68. The van der Waals surface area contributed by atoms with Crippen molar-refractivity contribution in [1.29, 1.82) is 0 Å². The van der Waals surface area contributed by atoms with E-state index in [-0.39, 0.29) is 11.6 Å². The fourth-order valence-electron chi connectivity index (χ4n) is 2.10. The molecule has 0 aliphatic heterocycles. The molecule has 0 radical (unpaired) electrons. The van der Waals surface area contributed by atoms with E-state index in [0.29, 0.717) is 0 Å². The largest absolute Gasteiger partial charge is 0.346 e. The van der Waals surface area contributed by atoms with Crippen molar-refractivity contribution in [1.82, 2.24) is 9.88 Å². The maximum Gasteiger partial charge on any atom is 0.319 e. The zero-order chi connectivity index (χ0) is 14.0. The lowest BCUT2D eigenvalue weighted by Gasteiger charge is -2.20. The van der Waals surface area contributed by atoms with E-state index in [9.17, 15) is 4.79 Å². The molecule has 0 aliphatic rings. The Balaban J connectivity index is 2.28. The van der Waals surface area contributed by atoms with Crippen LogP contribution < -0.4 is 10.6 Å². The molecule has 19 heavy (non-hydrogen) atoms. The van der Waals surface area contributed by atoms with Gasteiger partial charge in [0.15, 0.2) is 0 Å². The van der Waals surface area contributed by atoms with Gasteiger partial charge in [-0.25, -0.2) is 4.79 Å². The predicted molar refractivity (Wildman–Crippen MR) is 79.5 cm³/mol. The maximum atomic E-state index is 11.9. The molecule has 4 heteroatoms. The van der Waals surface area contributed by atoms with Crippen LogP contribution in [0.3, 0.4) is 0 Å². The molecule has 0 bridgehead atoms. The fourth-order valence-corrected chi connectivity index (χ4v) is 2.10. The minimum Gasteiger partial charge on any atom is -0.346 e. The zero-order valence-corrected chi connectivity index (χ0v) is 11.9. The van der Waals surface area contributed by atoms with Crippen molar-refractivity contribution in [2.75, 3.05) is 5.32 Å². The fraction of sp³-hybridized carbons (Fsp3) is 0.400. The molecule has 102 valence electrons. The van der Waals surface area contributed by atoms with Crippen LogP contribution in [-0.4, -0.2) is 16.1 Å². The van der Waals surface area contributed by atoms with Gasteiger partial charge < -0.3 is 15.2 Å². The van der Waals surface area contributed by atoms with E-state index in [1.807, 2.05) is 45.2 Å². The van der Waals surface area contributed by atoms with Crippen molar-refractivity contribution in [3.8, 4) is 0 Å². The molecule has 2 amide bonds. The molecule has 4 nitrogen and oxygen atoms in total. The van der Waals surface area contributed by atoms with Gasteiger partial charge in [-0.05, 0) is 33.8 Å². The molecular weight excluding hydrogens is 238 g/mol. The number of carbonyl (C=O) groups excluding carboxylic acids is 1. The SMILES string of the molecule is CCn1cc(NC(=O)NC(C)(C)C)c2ccccc21. The number of hydrogen-bond acceptors (Lipinski definition) is 1. The summed E-state index contributed by atoms with van der Waals surface area (Å²) in [5.41, 5.74) is 1.74. The van der Waals surface area contributed by atoms with Crippen LogP contribution in [0.4, 0.5) is 10.5 Å². The van der Waals surface area contributed by atoms with E-state index < -0.39 is 0 Å². The summed E-state index contributed by atoms with van der Waals surface area (Å²) in [5, 5.41) is 6.89. The lowest BCUT2D eigenvalue weighted by molar-refractivity contribution is 0.244. The van der Waals surface area contributed by atoms with Gasteiger partial charge in [0.1, 0.15) is 0 Å². The summed E-state index contributed by atoms with van der Waals surface area (Å²) in [5.74, 6) is 0. The van der Waals surface area contributed by atoms with Crippen molar-refractivity contribution in [3.05, 3.63) is 30.5 Å². The molecule has 0 fully saturated rings. The van der Waals surface area contributed by atoms with E-state index in [4.69, 9.17) is 0 Å². The molecular formula is C15H21N3O. The lowest BCUT2D eigenvalue weighted by atomic mass is 10.1. The second kappa shape index (κ2) is 4.96. The molecule has 2 N–H and O–H groups in total. The quantitative estimate of drug-likeness (QED) is 0.850. The summed E-state index contributed by atoms with van der Waals surface area (Å²) in [4.78, 5) is 11.9. The Bertz CT molecular complexity index is 593. The highest BCUT2D eigenvalue weighted by Gasteiger charge is 2.15. The maximum absolute atomic E-state index is 11.9. The lowest BCUT2D eigenvalue weighted by Crippen LogP contribution is -2.43. The van der Waals surface area contributed by atoms with Gasteiger partial charge in [-0.15, -0.1) is 0 Å². The van der Waals surface area contributed by atoms with E-state index >= 15 is 0 Å². The summed E-state index contributed by atoms with van der Waals surface area (Å²) in [6, 6.07) is 7.90. The standard InChI is InChI=1S/C15H21N3O/c1-5-18-10-12(11-8-6-7-9-13(11)18)16-14(19)17-15(2,3)4/h6-10H,5H2,1-4H3,(H2,16,17,19). The number of fused-ring (bicyclic) bond motifs is 1. The van der Waals surface area contributed by atoms with E-state index in [0.717, 1.165) is 23.1 Å². The number of anilines is 1. The van der Waals surface area contributed by atoms with Crippen molar-refractivity contribution >= 4 is 22.6 Å².